The van der Waals surface area contributed by atoms with Gasteiger partial charge in [-0.15, -0.1) is 0 Å². The Balaban J connectivity index is 2.90. The highest BCUT2D eigenvalue weighted by atomic mass is 16.7. The van der Waals surface area contributed by atoms with Gasteiger partial charge in [0.1, 0.15) is 5.60 Å². The summed E-state index contributed by atoms with van der Waals surface area (Å²) < 4.78 is 10.2. The molecule has 0 saturated heterocycles. The van der Waals surface area contributed by atoms with Crippen molar-refractivity contribution in [1.29, 1.82) is 0 Å². The molecule has 1 aromatic rings. The molecule has 1 aromatic carbocycles. The molecule has 1 unspecified atom stereocenters. The maximum Gasteiger partial charge on any atom is 0.189 e. The van der Waals surface area contributed by atoms with Crippen LogP contribution in [0.1, 0.15) is 31.4 Å². The van der Waals surface area contributed by atoms with Crippen molar-refractivity contribution in [3.63, 3.8) is 0 Å². The quantitative estimate of drug-likeness (QED) is 0.774. The molecule has 0 amide bonds. The molecule has 0 radical (unpaired) electrons. The second-order valence-corrected chi connectivity index (χ2v) is 4.40. The highest BCUT2D eigenvalue weighted by molar-refractivity contribution is 5.27. The Morgan fingerprint density at radius 3 is 2.12 bits per heavy atom. The third kappa shape index (κ3) is 3.28. The smallest absolute Gasteiger partial charge is 0.189 e. The van der Waals surface area contributed by atoms with E-state index in [2.05, 4.69) is 6.92 Å². The van der Waals surface area contributed by atoms with Crippen LogP contribution in [0.4, 0.5) is 0 Å². The fourth-order valence-electron chi connectivity index (χ4n) is 1.99. The molecule has 96 valence electrons. The summed E-state index contributed by atoms with van der Waals surface area (Å²) in [7, 11) is 3.04. The van der Waals surface area contributed by atoms with E-state index >= 15 is 0 Å². The van der Waals surface area contributed by atoms with Gasteiger partial charge in [0.05, 0.1) is 0 Å². The van der Waals surface area contributed by atoms with E-state index < -0.39 is 11.9 Å². The zero-order valence-electron chi connectivity index (χ0n) is 11.1. The molecule has 0 aliphatic carbocycles. The zero-order valence-corrected chi connectivity index (χ0v) is 11.1. The molecule has 17 heavy (non-hydrogen) atoms. The molecule has 0 aromatic heterocycles. The number of hydrogen-bond acceptors (Lipinski definition) is 3. The van der Waals surface area contributed by atoms with Crippen LogP contribution in [0.5, 0.6) is 0 Å². The number of ether oxygens (including phenoxy) is 2. The lowest BCUT2D eigenvalue weighted by Crippen LogP contribution is -2.39. The van der Waals surface area contributed by atoms with Crippen molar-refractivity contribution in [2.75, 3.05) is 14.2 Å². The van der Waals surface area contributed by atoms with Gasteiger partial charge in [0, 0.05) is 14.2 Å². The van der Waals surface area contributed by atoms with Gasteiger partial charge in [0.25, 0.3) is 0 Å². The first-order chi connectivity index (χ1) is 8.06. The van der Waals surface area contributed by atoms with Crippen molar-refractivity contribution in [2.45, 2.75) is 38.6 Å². The summed E-state index contributed by atoms with van der Waals surface area (Å²) in [4.78, 5) is 0. The van der Waals surface area contributed by atoms with Crippen molar-refractivity contribution < 1.29 is 14.6 Å². The van der Waals surface area contributed by atoms with Gasteiger partial charge in [0.2, 0.25) is 0 Å². The first-order valence-corrected chi connectivity index (χ1v) is 5.93. The van der Waals surface area contributed by atoms with Crippen LogP contribution in [0.2, 0.25) is 0 Å². The molecular formula is C14H22O3. The molecule has 0 heterocycles. The lowest BCUT2D eigenvalue weighted by molar-refractivity contribution is -0.213. The fraction of sp³-hybridized carbons (Fsp3) is 0.571. The summed E-state index contributed by atoms with van der Waals surface area (Å²) in [5.41, 5.74) is 0.929. The molecular weight excluding hydrogens is 216 g/mol. The van der Waals surface area contributed by atoms with E-state index in [1.54, 1.807) is 6.92 Å². The van der Waals surface area contributed by atoms with E-state index in [1.807, 2.05) is 24.3 Å². The second kappa shape index (κ2) is 6.15. The number of methoxy groups -OCH3 is 2. The molecule has 1 rings (SSSR count). The Bertz CT molecular complexity index is 326. The summed E-state index contributed by atoms with van der Waals surface area (Å²) in [5.74, 6) is 0. The van der Waals surface area contributed by atoms with Gasteiger partial charge < -0.3 is 14.6 Å². The molecule has 0 saturated carbocycles. The number of aryl methyl sites for hydroxylation is 1. The fourth-order valence-corrected chi connectivity index (χ4v) is 1.99. The molecule has 0 bridgehead atoms. The maximum atomic E-state index is 10.4. The predicted molar refractivity (Wildman–Crippen MR) is 67.8 cm³/mol. The van der Waals surface area contributed by atoms with E-state index in [0.29, 0.717) is 0 Å². The van der Waals surface area contributed by atoms with Crippen LogP contribution in [0, 0.1) is 0 Å². The molecule has 1 atom stereocenters. The second-order valence-electron chi connectivity index (χ2n) is 4.40. The summed E-state index contributed by atoms with van der Waals surface area (Å²) in [5, 5.41) is 10.4. The number of rotatable bonds is 6. The SMILES string of the molecule is CCCc1ccc(C(C)(O)C(OC)OC)cc1. The van der Waals surface area contributed by atoms with Crippen LogP contribution < -0.4 is 0 Å². The van der Waals surface area contributed by atoms with Gasteiger partial charge in [-0.05, 0) is 24.5 Å². The summed E-state index contributed by atoms with van der Waals surface area (Å²) in [6.45, 7) is 3.84. The van der Waals surface area contributed by atoms with Gasteiger partial charge in [-0.2, -0.15) is 0 Å². The average molecular weight is 238 g/mol. The topological polar surface area (TPSA) is 38.7 Å². The van der Waals surface area contributed by atoms with Crippen LogP contribution >= 0.6 is 0 Å². The van der Waals surface area contributed by atoms with Gasteiger partial charge in [-0.3, -0.25) is 0 Å². The Kier molecular flexibility index (Phi) is 5.12. The minimum atomic E-state index is -1.14. The molecule has 0 aliphatic rings. The number of hydrogen-bond donors (Lipinski definition) is 1. The van der Waals surface area contributed by atoms with E-state index in [1.165, 1.54) is 19.8 Å². The van der Waals surface area contributed by atoms with Gasteiger partial charge in [-0.25, -0.2) is 0 Å². The lowest BCUT2D eigenvalue weighted by atomic mass is 9.93. The van der Waals surface area contributed by atoms with E-state index in [0.717, 1.165) is 18.4 Å². The largest absolute Gasteiger partial charge is 0.380 e. The predicted octanol–water partition coefficient (Wildman–Crippen LogP) is 2.47. The molecule has 0 spiro atoms. The Morgan fingerprint density at radius 2 is 1.71 bits per heavy atom. The Morgan fingerprint density at radius 1 is 1.18 bits per heavy atom. The van der Waals surface area contributed by atoms with Crippen LogP contribution in [-0.4, -0.2) is 25.6 Å². The van der Waals surface area contributed by atoms with Crippen LogP contribution in [0.25, 0.3) is 0 Å². The average Bonchev–Trinajstić information content (AvgIpc) is 2.31. The highest BCUT2D eigenvalue weighted by Gasteiger charge is 2.34. The molecule has 0 fully saturated rings. The van der Waals surface area contributed by atoms with Crippen LogP contribution in [0.15, 0.2) is 24.3 Å². The van der Waals surface area contributed by atoms with Crippen LogP contribution in [-0.2, 0) is 21.5 Å². The molecule has 1 N–H and O–H groups in total. The lowest BCUT2D eigenvalue weighted by Gasteiger charge is -2.31. The summed E-state index contributed by atoms with van der Waals surface area (Å²) in [6, 6.07) is 7.93. The van der Waals surface area contributed by atoms with E-state index in [-0.39, 0.29) is 0 Å². The van der Waals surface area contributed by atoms with Crippen LogP contribution in [0.3, 0.4) is 0 Å². The van der Waals surface area contributed by atoms with E-state index in [9.17, 15) is 5.11 Å². The number of benzene rings is 1. The Labute approximate surface area is 103 Å². The number of aliphatic hydroxyl groups is 1. The summed E-state index contributed by atoms with van der Waals surface area (Å²) >= 11 is 0. The van der Waals surface area contributed by atoms with Crippen molar-refractivity contribution in [3.05, 3.63) is 35.4 Å². The first-order valence-electron chi connectivity index (χ1n) is 5.93. The van der Waals surface area contributed by atoms with Gasteiger partial charge >= 0.3 is 0 Å². The van der Waals surface area contributed by atoms with Crippen molar-refractivity contribution in [3.8, 4) is 0 Å². The monoisotopic (exact) mass is 238 g/mol. The van der Waals surface area contributed by atoms with Crippen molar-refractivity contribution in [2.24, 2.45) is 0 Å². The third-order valence-corrected chi connectivity index (χ3v) is 2.96. The van der Waals surface area contributed by atoms with E-state index in [4.69, 9.17) is 9.47 Å². The third-order valence-electron chi connectivity index (χ3n) is 2.96. The minimum absolute atomic E-state index is 0.667. The van der Waals surface area contributed by atoms with Gasteiger partial charge in [0.15, 0.2) is 6.29 Å². The molecule has 0 aliphatic heterocycles. The normalized spacial score (nSPS) is 14.9. The standard InChI is InChI=1S/C14H22O3/c1-5-6-11-7-9-12(10-8-11)14(2,15)13(16-3)17-4/h7-10,13,15H,5-6H2,1-4H3. The zero-order chi connectivity index (χ0) is 12.9. The Hall–Kier alpha value is -0.900. The first kappa shape index (κ1) is 14.2. The van der Waals surface area contributed by atoms with Crippen molar-refractivity contribution >= 4 is 0 Å². The maximum absolute atomic E-state index is 10.4. The molecule has 3 nitrogen and oxygen atoms in total. The highest BCUT2D eigenvalue weighted by Crippen LogP contribution is 2.27. The summed E-state index contributed by atoms with van der Waals surface area (Å²) in [6.07, 6.45) is 1.51. The molecule has 3 heteroatoms. The minimum Gasteiger partial charge on any atom is -0.380 e. The van der Waals surface area contributed by atoms with Crippen molar-refractivity contribution in [1.82, 2.24) is 0 Å². The van der Waals surface area contributed by atoms with Gasteiger partial charge in [-0.1, -0.05) is 37.6 Å².